The van der Waals surface area contributed by atoms with Gasteiger partial charge in [-0.3, -0.25) is 0 Å². The van der Waals surface area contributed by atoms with Gasteiger partial charge in [-0.25, -0.2) is 8.78 Å². The van der Waals surface area contributed by atoms with Gasteiger partial charge in [-0.2, -0.15) is 0 Å². The van der Waals surface area contributed by atoms with Crippen LogP contribution in [0.3, 0.4) is 0 Å². The second-order valence-corrected chi connectivity index (χ2v) is 3.41. The Bertz CT molecular complexity index is 317. The van der Waals surface area contributed by atoms with Crippen LogP contribution in [0.2, 0.25) is 0 Å². The normalized spacial score (nSPS) is 12.8. The summed E-state index contributed by atoms with van der Waals surface area (Å²) >= 11 is 0. The first-order valence-corrected chi connectivity index (χ1v) is 4.84. The molecule has 0 amide bonds. The number of halogens is 2. The van der Waals surface area contributed by atoms with Gasteiger partial charge < -0.3 is 10.5 Å². The van der Waals surface area contributed by atoms with Crippen LogP contribution in [0.1, 0.15) is 24.4 Å². The van der Waals surface area contributed by atoms with E-state index in [1.807, 2.05) is 0 Å². The smallest absolute Gasteiger partial charge is 0.128 e. The van der Waals surface area contributed by atoms with Crippen LogP contribution in [0.25, 0.3) is 0 Å². The van der Waals surface area contributed by atoms with E-state index in [9.17, 15) is 8.78 Å². The van der Waals surface area contributed by atoms with Crippen molar-refractivity contribution in [2.24, 2.45) is 5.73 Å². The fraction of sp³-hybridized carbons (Fsp3) is 0.455. The first-order valence-electron chi connectivity index (χ1n) is 4.84. The maximum atomic E-state index is 13.3. The Morgan fingerprint density at radius 3 is 2.80 bits per heavy atom. The van der Waals surface area contributed by atoms with Crippen LogP contribution in [0, 0.1) is 11.6 Å². The second kappa shape index (κ2) is 5.78. The first-order chi connectivity index (χ1) is 7.15. The van der Waals surface area contributed by atoms with Crippen LogP contribution >= 0.6 is 0 Å². The van der Waals surface area contributed by atoms with Crippen LogP contribution in [-0.4, -0.2) is 13.7 Å². The fourth-order valence-electron chi connectivity index (χ4n) is 1.40. The van der Waals surface area contributed by atoms with Crippen molar-refractivity contribution in [3.8, 4) is 0 Å². The summed E-state index contributed by atoms with van der Waals surface area (Å²) in [6.45, 7) is 0.574. The van der Waals surface area contributed by atoms with E-state index in [1.165, 1.54) is 0 Å². The summed E-state index contributed by atoms with van der Waals surface area (Å²) in [5.74, 6) is -0.921. The predicted octanol–water partition coefficient (Wildman–Crippen LogP) is 2.39. The highest BCUT2D eigenvalue weighted by atomic mass is 19.1. The molecular weight excluding hydrogens is 200 g/mol. The summed E-state index contributed by atoms with van der Waals surface area (Å²) in [6, 6.07) is 2.85. The average molecular weight is 215 g/mol. The Morgan fingerprint density at radius 1 is 1.40 bits per heavy atom. The molecule has 1 rings (SSSR count). The Kier molecular flexibility index (Phi) is 4.65. The van der Waals surface area contributed by atoms with E-state index in [-0.39, 0.29) is 5.56 Å². The van der Waals surface area contributed by atoms with Gasteiger partial charge in [0.15, 0.2) is 0 Å². The summed E-state index contributed by atoms with van der Waals surface area (Å²) in [6.07, 6.45) is 1.31. The summed E-state index contributed by atoms with van der Waals surface area (Å²) in [4.78, 5) is 0. The molecule has 0 spiro atoms. The van der Waals surface area contributed by atoms with Crippen molar-refractivity contribution in [1.82, 2.24) is 0 Å². The Morgan fingerprint density at radius 2 is 2.13 bits per heavy atom. The van der Waals surface area contributed by atoms with E-state index in [0.29, 0.717) is 13.0 Å². The number of ether oxygens (including phenoxy) is 1. The molecule has 0 heterocycles. The lowest BCUT2D eigenvalue weighted by Crippen LogP contribution is -2.13. The molecule has 15 heavy (non-hydrogen) atoms. The molecule has 84 valence electrons. The standard InChI is InChI=1S/C11H15F2NO/c1-15-6-2-3-11(14)9-7-8(12)4-5-10(9)13/h4-5,7,11H,2-3,6,14H2,1H3. The Balaban J connectivity index is 2.64. The van der Waals surface area contributed by atoms with Crippen LogP contribution in [0.15, 0.2) is 18.2 Å². The van der Waals surface area contributed by atoms with Crippen molar-refractivity contribution >= 4 is 0 Å². The molecule has 0 bridgehead atoms. The topological polar surface area (TPSA) is 35.2 Å². The maximum Gasteiger partial charge on any atom is 0.128 e. The molecule has 1 aromatic carbocycles. The molecular formula is C11H15F2NO. The number of benzene rings is 1. The van der Waals surface area contributed by atoms with Gasteiger partial charge in [0.2, 0.25) is 0 Å². The molecule has 4 heteroatoms. The second-order valence-electron chi connectivity index (χ2n) is 3.41. The lowest BCUT2D eigenvalue weighted by molar-refractivity contribution is 0.190. The van der Waals surface area contributed by atoms with Crippen LogP contribution in [0.4, 0.5) is 8.78 Å². The number of hydrogen-bond acceptors (Lipinski definition) is 2. The zero-order valence-electron chi connectivity index (χ0n) is 8.67. The molecule has 0 aromatic heterocycles. The third kappa shape index (κ3) is 3.57. The van der Waals surface area contributed by atoms with Gasteiger partial charge in [0.25, 0.3) is 0 Å². The van der Waals surface area contributed by atoms with Crippen molar-refractivity contribution < 1.29 is 13.5 Å². The lowest BCUT2D eigenvalue weighted by atomic mass is 10.0. The summed E-state index contributed by atoms with van der Waals surface area (Å²) in [7, 11) is 1.59. The Labute approximate surface area is 88.0 Å². The molecule has 1 aromatic rings. The highest BCUT2D eigenvalue weighted by Crippen LogP contribution is 2.20. The maximum absolute atomic E-state index is 13.3. The minimum absolute atomic E-state index is 0.228. The van der Waals surface area contributed by atoms with Crippen molar-refractivity contribution in [2.75, 3.05) is 13.7 Å². The molecule has 1 unspecified atom stereocenters. The van der Waals surface area contributed by atoms with E-state index in [4.69, 9.17) is 10.5 Å². The highest BCUT2D eigenvalue weighted by molar-refractivity contribution is 5.21. The number of hydrogen-bond donors (Lipinski definition) is 1. The third-order valence-electron chi connectivity index (χ3n) is 2.22. The number of rotatable bonds is 5. The van der Waals surface area contributed by atoms with E-state index >= 15 is 0 Å². The average Bonchev–Trinajstić information content (AvgIpc) is 2.22. The quantitative estimate of drug-likeness (QED) is 0.765. The van der Waals surface area contributed by atoms with Gasteiger partial charge in [-0.1, -0.05) is 0 Å². The van der Waals surface area contributed by atoms with Gasteiger partial charge in [0.05, 0.1) is 0 Å². The van der Waals surface area contributed by atoms with Gasteiger partial charge in [0, 0.05) is 25.3 Å². The molecule has 0 aliphatic rings. The molecule has 0 saturated heterocycles. The van der Waals surface area contributed by atoms with Crippen molar-refractivity contribution in [1.29, 1.82) is 0 Å². The zero-order valence-corrected chi connectivity index (χ0v) is 8.67. The van der Waals surface area contributed by atoms with Crippen molar-refractivity contribution in [3.63, 3.8) is 0 Å². The Hall–Kier alpha value is -1.00. The third-order valence-corrected chi connectivity index (χ3v) is 2.22. The number of nitrogens with two attached hydrogens (primary N) is 1. The van der Waals surface area contributed by atoms with Crippen LogP contribution in [-0.2, 0) is 4.74 Å². The molecule has 0 aliphatic carbocycles. The molecule has 2 nitrogen and oxygen atoms in total. The zero-order chi connectivity index (χ0) is 11.3. The lowest BCUT2D eigenvalue weighted by Gasteiger charge is -2.12. The SMILES string of the molecule is COCCCC(N)c1cc(F)ccc1F. The summed E-state index contributed by atoms with van der Waals surface area (Å²) < 4.78 is 31.0. The van der Waals surface area contributed by atoms with Gasteiger partial charge in [-0.15, -0.1) is 0 Å². The summed E-state index contributed by atoms with van der Waals surface area (Å²) in [5, 5.41) is 0. The predicted molar refractivity (Wildman–Crippen MR) is 54.4 cm³/mol. The van der Waals surface area contributed by atoms with Crippen molar-refractivity contribution in [2.45, 2.75) is 18.9 Å². The van der Waals surface area contributed by atoms with E-state index < -0.39 is 17.7 Å². The van der Waals surface area contributed by atoms with Gasteiger partial charge in [0.1, 0.15) is 11.6 Å². The van der Waals surface area contributed by atoms with Crippen LogP contribution < -0.4 is 5.73 Å². The van der Waals surface area contributed by atoms with Gasteiger partial charge in [-0.05, 0) is 31.0 Å². The molecule has 0 radical (unpaired) electrons. The van der Waals surface area contributed by atoms with E-state index in [2.05, 4.69) is 0 Å². The molecule has 0 fully saturated rings. The van der Waals surface area contributed by atoms with E-state index in [0.717, 1.165) is 24.6 Å². The molecule has 1 atom stereocenters. The molecule has 2 N–H and O–H groups in total. The largest absolute Gasteiger partial charge is 0.385 e. The van der Waals surface area contributed by atoms with E-state index in [1.54, 1.807) is 7.11 Å². The monoisotopic (exact) mass is 215 g/mol. The minimum atomic E-state index is -0.476. The van der Waals surface area contributed by atoms with Crippen molar-refractivity contribution in [3.05, 3.63) is 35.4 Å². The fourth-order valence-corrected chi connectivity index (χ4v) is 1.40. The number of methoxy groups -OCH3 is 1. The minimum Gasteiger partial charge on any atom is -0.385 e. The van der Waals surface area contributed by atoms with Gasteiger partial charge >= 0.3 is 0 Å². The highest BCUT2D eigenvalue weighted by Gasteiger charge is 2.11. The molecule has 0 saturated carbocycles. The summed E-state index contributed by atoms with van der Waals surface area (Å²) in [5.41, 5.74) is 5.97. The van der Waals surface area contributed by atoms with Crippen LogP contribution in [0.5, 0.6) is 0 Å². The first kappa shape index (κ1) is 12.1. The molecule has 0 aliphatic heterocycles.